The SMILES string of the molecule is O=C1NCCN1C(=O)c1cc(Cl)c(Cl)c([N+](=O)[O-])c1. The molecule has 19 heavy (non-hydrogen) atoms. The number of nitrogens with zero attached hydrogens (tertiary/aromatic N) is 2. The number of carbonyl (C=O) groups is 2. The fourth-order valence-corrected chi connectivity index (χ4v) is 2.04. The molecular weight excluding hydrogens is 297 g/mol. The van der Waals surface area contributed by atoms with E-state index < -0.39 is 22.5 Å². The molecule has 0 aromatic heterocycles. The van der Waals surface area contributed by atoms with Gasteiger partial charge in [0.25, 0.3) is 11.6 Å². The third-order valence-electron chi connectivity index (χ3n) is 2.55. The number of imide groups is 1. The maximum absolute atomic E-state index is 12.0. The van der Waals surface area contributed by atoms with Crippen molar-refractivity contribution < 1.29 is 14.5 Å². The highest BCUT2D eigenvalue weighted by atomic mass is 35.5. The maximum atomic E-state index is 12.0. The van der Waals surface area contributed by atoms with Crippen LogP contribution in [0.15, 0.2) is 12.1 Å². The van der Waals surface area contributed by atoms with Crippen molar-refractivity contribution in [3.05, 3.63) is 37.9 Å². The van der Waals surface area contributed by atoms with Gasteiger partial charge in [-0.3, -0.25) is 19.8 Å². The van der Waals surface area contributed by atoms with Crippen molar-refractivity contribution in [2.24, 2.45) is 0 Å². The number of rotatable bonds is 2. The van der Waals surface area contributed by atoms with Gasteiger partial charge in [-0.2, -0.15) is 0 Å². The van der Waals surface area contributed by atoms with E-state index in [0.717, 1.165) is 11.0 Å². The number of nitrogens with one attached hydrogen (secondary N) is 1. The second-order valence-electron chi connectivity index (χ2n) is 3.74. The van der Waals surface area contributed by atoms with Crippen LogP contribution in [0.3, 0.4) is 0 Å². The minimum Gasteiger partial charge on any atom is -0.336 e. The van der Waals surface area contributed by atoms with Crippen molar-refractivity contribution in [2.45, 2.75) is 0 Å². The Balaban J connectivity index is 2.43. The predicted molar refractivity (Wildman–Crippen MR) is 67.6 cm³/mol. The second kappa shape index (κ2) is 5.02. The zero-order valence-corrected chi connectivity index (χ0v) is 10.9. The highest BCUT2D eigenvalue weighted by Gasteiger charge is 2.29. The summed E-state index contributed by atoms with van der Waals surface area (Å²) in [6.45, 7) is 0.541. The molecule has 7 nitrogen and oxygen atoms in total. The number of hydrogen-bond donors (Lipinski definition) is 1. The Bertz CT molecular complexity index is 590. The lowest BCUT2D eigenvalue weighted by Gasteiger charge is -2.12. The molecule has 9 heteroatoms. The van der Waals surface area contributed by atoms with Crippen molar-refractivity contribution in [2.75, 3.05) is 13.1 Å². The van der Waals surface area contributed by atoms with Crippen LogP contribution in [0.5, 0.6) is 0 Å². The number of carbonyl (C=O) groups excluding carboxylic acids is 2. The van der Waals surface area contributed by atoms with Gasteiger partial charge >= 0.3 is 6.03 Å². The summed E-state index contributed by atoms with van der Waals surface area (Å²) in [5.41, 5.74) is -0.532. The monoisotopic (exact) mass is 303 g/mol. The lowest BCUT2D eigenvalue weighted by molar-refractivity contribution is -0.384. The van der Waals surface area contributed by atoms with Crippen LogP contribution in [0.2, 0.25) is 10.0 Å². The molecule has 0 radical (unpaired) electrons. The molecule has 1 heterocycles. The van der Waals surface area contributed by atoms with Crippen LogP contribution in [0, 0.1) is 10.1 Å². The number of nitro groups is 1. The van der Waals surface area contributed by atoms with Crippen LogP contribution in [-0.2, 0) is 0 Å². The summed E-state index contributed by atoms with van der Waals surface area (Å²) < 4.78 is 0. The number of hydrogen-bond acceptors (Lipinski definition) is 4. The summed E-state index contributed by atoms with van der Waals surface area (Å²) in [5.74, 6) is -0.656. The predicted octanol–water partition coefficient (Wildman–Crippen LogP) is 2.07. The van der Waals surface area contributed by atoms with Gasteiger partial charge in [0.1, 0.15) is 5.02 Å². The average Bonchev–Trinajstić information content (AvgIpc) is 2.77. The highest BCUT2D eigenvalue weighted by Crippen LogP contribution is 2.33. The van der Waals surface area contributed by atoms with Crippen LogP contribution in [0.25, 0.3) is 0 Å². The normalized spacial score (nSPS) is 14.4. The molecule has 0 saturated carbocycles. The van der Waals surface area contributed by atoms with E-state index in [1.54, 1.807) is 0 Å². The fourth-order valence-electron chi connectivity index (χ4n) is 1.65. The molecule has 0 bridgehead atoms. The Morgan fingerprint density at radius 3 is 2.63 bits per heavy atom. The summed E-state index contributed by atoms with van der Waals surface area (Å²) in [4.78, 5) is 34.4. The van der Waals surface area contributed by atoms with Crippen molar-refractivity contribution >= 4 is 40.8 Å². The summed E-state index contributed by atoms with van der Waals surface area (Å²) in [5, 5.41) is 12.9. The zero-order valence-electron chi connectivity index (χ0n) is 9.35. The standard InChI is InChI=1S/C10H7Cl2N3O4/c11-6-3-5(4-7(8(6)12)15(18)19)9(16)14-2-1-13-10(14)17/h3-4H,1-2H2,(H,13,17). The van der Waals surface area contributed by atoms with Gasteiger partial charge in [0, 0.05) is 24.7 Å². The summed E-state index contributed by atoms with van der Waals surface area (Å²) >= 11 is 11.4. The first-order valence-electron chi connectivity index (χ1n) is 5.15. The van der Waals surface area contributed by atoms with Gasteiger partial charge in [0.05, 0.1) is 9.95 Å². The van der Waals surface area contributed by atoms with Crippen molar-refractivity contribution in [1.29, 1.82) is 0 Å². The highest BCUT2D eigenvalue weighted by molar-refractivity contribution is 6.43. The fraction of sp³-hybridized carbons (Fsp3) is 0.200. The topological polar surface area (TPSA) is 92.6 Å². The Labute approximate surface area is 117 Å². The van der Waals surface area contributed by atoms with Gasteiger partial charge in [0.15, 0.2) is 0 Å². The summed E-state index contributed by atoms with van der Waals surface area (Å²) in [6, 6.07) is 1.66. The minimum atomic E-state index is -0.741. The van der Waals surface area contributed by atoms with Crippen LogP contribution < -0.4 is 5.32 Å². The summed E-state index contributed by atoms with van der Waals surface area (Å²) in [6.07, 6.45) is 0. The number of urea groups is 1. The van der Waals surface area contributed by atoms with Crippen LogP contribution in [0.1, 0.15) is 10.4 Å². The molecule has 0 spiro atoms. The van der Waals surface area contributed by atoms with Gasteiger partial charge in [0.2, 0.25) is 0 Å². The van der Waals surface area contributed by atoms with E-state index in [-0.39, 0.29) is 22.2 Å². The number of halogens is 2. The van der Waals surface area contributed by atoms with E-state index in [1.807, 2.05) is 0 Å². The quantitative estimate of drug-likeness (QED) is 0.668. The molecule has 1 aromatic rings. The van der Waals surface area contributed by atoms with E-state index in [0.29, 0.717) is 6.54 Å². The van der Waals surface area contributed by atoms with E-state index in [4.69, 9.17) is 23.2 Å². The largest absolute Gasteiger partial charge is 0.336 e. The Morgan fingerprint density at radius 2 is 2.11 bits per heavy atom. The third-order valence-corrected chi connectivity index (χ3v) is 3.35. The van der Waals surface area contributed by atoms with Gasteiger partial charge in [-0.15, -0.1) is 0 Å². The van der Waals surface area contributed by atoms with Crippen LogP contribution in [0.4, 0.5) is 10.5 Å². The first kappa shape index (κ1) is 13.6. The molecule has 1 N–H and O–H groups in total. The smallest absolute Gasteiger partial charge is 0.324 e. The summed E-state index contributed by atoms with van der Waals surface area (Å²) in [7, 11) is 0. The lowest BCUT2D eigenvalue weighted by Crippen LogP contribution is -2.34. The zero-order chi connectivity index (χ0) is 14.2. The molecule has 1 fully saturated rings. The number of benzene rings is 1. The molecular formula is C10H7Cl2N3O4. The van der Waals surface area contributed by atoms with E-state index in [1.165, 1.54) is 6.07 Å². The third kappa shape index (κ3) is 2.47. The van der Waals surface area contributed by atoms with Crippen molar-refractivity contribution in [3.8, 4) is 0 Å². The number of nitro benzene ring substituents is 1. The van der Waals surface area contributed by atoms with Gasteiger partial charge in [-0.25, -0.2) is 4.79 Å². The first-order valence-corrected chi connectivity index (χ1v) is 5.90. The Morgan fingerprint density at radius 1 is 1.42 bits per heavy atom. The van der Waals surface area contributed by atoms with Crippen LogP contribution in [-0.4, -0.2) is 34.9 Å². The van der Waals surface area contributed by atoms with Gasteiger partial charge in [-0.05, 0) is 6.07 Å². The van der Waals surface area contributed by atoms with E-state index >= 15 is 0 Å². The van der Waals surface area contributed by atoms with Crippen molar-refractivity contribution in [3.63, 3.8) is 0 Å². The maximum Gasteiger partial charge on any atom is 0.324 e. The van der Waals surface area contributed by atoms with E-state index in [9.17, 15) is 19.7 Å². The molecule has 1 saturated heterocycles. The molecule has 1 aromatic carbocycles. The van der Waals surface area contributed by atoms with Crippen molar-refractivity contribution in [1.82, 2.24) is 10.2 Å². The molecule has 100 valence electrons. The van der Waals surface area contributed by atoms with E-state index in [2.05, 4.69) is 5.32 Å². The Kier molecular flexibility index (Phi) is 3.59. The van der Waals surface area contributed by atoms with Gasteiger partial charge < -0.3 is 5.32 Å². The molecule has 1 aliphatic rings. The molecule has 0 unspecified atom stereocenters. The van der Waals surface area contributed by atoms with Gasteiger partial charge in [-0.1, -0.05) is 23.2 Å². The second-order valence-corrected chi connectivity index (χ2v) is 4.52. The first-order chi connectivity index (χ1) is 8.91. The van der Waals surface area contributed by atoms with Crippen LogP contribution >= 0.6 is 23.2 Å². The number of amides is 3. The Hall–Kier alpha value is -1.86. The molecule has 0 aliphatic carbocycles. The average molecular weight is 304 g/mol. The minimum absolute atomic E-state index is 0.0573. The molecule has 2 rings (SSSR count). The molecule has 1 aliphatic heterocycles. The molecule has 3 amide bonds. The molecule has 0 atom stereocenters. The lowest BCUT2D eigenvalue weighted by atomic mass is 10.1.